The van der Waals surface area contributed by atoms with Gasteiger partial charge in [0.15, 0.2) is 0 Å². The third kappa shape index (κ3) is 5.21. The minimum absolute atomic E-state index is 0. The number of halogens is 1. The van der Waals surface area contributed by atoms with Crippen LogP contribution in [0.15, 0.2) is 54.1 Å². The van der Waals surface area contributed by atoms with Crippen molar-refractivity contribution in [2.45, 2.75) is 33.2 Å². The number of ketones is 1. The number of Topliss-reactive ketones (excluding diaryl/α,β-unsaturated/α-hetero) is 1. The Kier molecular flexibility index (Phi) is 8.23. The molecule has 0 aromatic heterocycles. The Labute approximate surface area is 200 Å². The van der Waals surface area contributed by atoms with Crippen LogP contribution >= 0.6 is 0 Å². The van der Waals surface area contributed by atoms with Gasteiger partial charge in [0.1, 0.15) is 11.6 Å². The van der Waals surface area contributed by atoms with Gasteiger partial charge in [-0.3, -0.25) is 14.5 Å². The van der Waals surface area contributed by atoms with Gasteiger partial charge < -0.3 is 14.7 Å². The highest BCUT2D eigenvalue weighted by atomic mass is 19.1. The van der Waals surface area contributed by atoms with E-state index in [1.807, 2.05) is 24.3 Å². The molecule has 1 amide bonds. The van der Waals surface area contributed by atoms with E-state index in [2.05, 4.69) is 18.7 Å². The van der Waals surface area contributed by atoms with Crippen molar-refractivity contribution in [3.8, 4) is 0 Å². The Morgan fingerprint density at radius 1 is 1.03 bits per heavy atom. The first-order valence-corrected chi connectivity index (χ1v) is 11.3. The number of morpholine rings is 1. The van der Waals surface area contributed by atoms with Gasteiger partial charge in [0.05, 0.1) is 24.8 Å². The van der Waals surface area contributed by atoms with Gasteiger partial charge in [0, 0.05) is 31.7 Å². The average molecular weight is 469 g/mol. The number of hydrogen-bond donors (Lipinski definition) is 1. The zero-order valence-electron chi connectivity index (χ0n) is 19.0. The molecule has 2 aromatic rings. The van der Waals surface area contributed by atoms with E-state index in [0.717, 1.165) is 24.2 Å². The summed E-state index contributed by atoms with van der Waals surface area (Å²) in [5.74, 6) is -1.76. The first kappa shape index (κ1) is 25.6. The molecule has 0 spiro atoms. The molecule has 4 rings (SSSR count). The number of amides is 1. The number of nitrogens with zero attached hydrogens (tertiary/aromatic N) is 2. The maximum Gasteiger partial charge on any atom is 0.295 e. The van der Waals surface area contributed by atoms with Gasteiger partial charge in [-0.05, 0) is 41.3 Å². The number of ether oxygens (including phenoxy) is 1. The zero-order valence-corrected chi connectivity index (χ0v) is 19.0. The van der Waals surface area contributed by atoms with E-state index in [1.165, 1.54) is 29.2 Å². The van der Waals surface area contributed by atoms with Gasteiger partial charge in [0.25, 0.3) is 11.7 Å². The molecule has 6 nitrogen and oxygen atoms in total. The lowest BCUT2D eigenvalue weighted by atomic mass is 9.93. The largest absolute Gasteiger partial charge is 0.507 e. The molecular weight excluding hydrogens is 435 g/mol. The van der Waals surface area contributed by atoms with E-state index in [4.69, 9.17) is 4.74 Å². The summed E-state index contributed by atoms with van der Waals surface area (Å²) in [4.78, 5) is 29.9. The van der Waals surface area contributed by atoms with Gasteiger partial charge in [-0.2, -0.15) is 0 Å². The van der Waals surface area contributed by atoms with Crippen LogP contribution in [-0.2, 0) is 14.3 Å². The summed E-state index contributed by atoms with van der Waals surface area (Å²) in [5, 5.41) is 11.0. The number of hydrogen-bond acceptors (Lipinski definition) is 5. The van der Waals surface area contributed by atoms with Gasteiger partial charge in [-0.1, -0.05) is 45.5 Å². The number of aliphatic hydroxyl groups excluding tert-OH is 1. The highest BCUT2D eigenvalue weighted by Gasteiger charge is 2.46. The van der Waals surface area contributed by atoms with Crippen molar-refractivity contribution in [1.29, 1.82) is 0 Å². The van der Waals surface area contributed by atoms with Crippen LogP contribution in [0.5, 0.6) is 0 Å². The number of rotatable bonds is 6. The third-order valence-corrected chi connectivity index (χ3v) is 6.34. The molecule has 7 heteroatoms. The zero-order chi connectivity index (χ0) is 23.5. The third-order valence-electron chi connectivity index (χ3n) is 6.34. The normalized spacial score (nSPS) is 20.6. The minimum Gasteiger partial charge on any atom is -0.507 e. The number of carbonyl (C=O) groups is 2. The molecule has 0 bridgehead atoms. The lowest BCUT2D eigenvalue weighted by Gasteiger charge is -2.31. The molecule has 2 saturated heterocycles. The molecule has 1 N–H and O–H groups in total. The summed E-state index contributed by atoms with van der Waals surface area (Å²) in [5.41, 5.74) is 2.23. The van der Waals surface area contributed by atoms with Crippen molar-refractivity contribution in [2.75, 3.05) is 39.4 Å². The Bertz CT molecular complexity index is 1040. The van der Waals surface area contributed by atoms with Gasteiger partial charge in [0.2, 0.25) is 0 Å². The fourth-order valence-corrected chi connectivity index (χ4v) is 4.36. The quantitative estimate of drug-likeness (QED) is 0.388. The number of benzene rings is 2. The smallest absolute Gasteiger partial charge is 0.295 e. The second kappa shape index (κ2) is 10.9. The minimum atomic E-state index is -0.725. The van der Waals surface area contributed by atoms with E-state index >= 15 is 0 Å². The van der Waals surface area contributed by atoms with E-state index in [0.29, 0.717) is 37.8 Å². The molecule has 2 heterocycles. The molecule has 1 unspecified atom stereocenters. The molecule has 1 atom stereocenters. The van der Waals surface area contributed by atoms with Crippen molar-refractivity contribution in [3.05, 3.63) is 76.6 Å². The van der Waals surface area contributed by atoms with Crippen LogP contribution in [0, 0.1) is 5.82 Å². The lowest BCUT2D eigenvalue weighted by Crippen LogP contribution is -2.42. The van der Waals surface area contributed by atoms with Crippen molar-refractivity contribution >= 4 is 17.4 Å². The molecule has 2 aliphatic rings. The Hall–Kier alpha value is -3.03. The van der Waals surface area contributed by atoms with Gasteiger partial charge >= 0.3 is 0 Å². The standard InChI is InChI=1S/C26H29FN2O4.CH4/c1-17(2)18-3-5-19(6-4-18)23-22(24(30)20-7-9-21(27)10-8-20)25(31)26(32)29(23)12-11-28-13-15-33-16-14-28;/h3-10,17,23,30H,11-16H2,1-2H3;1H4. The Balaban J connectivity index is 0.00000324. The molecule has 0 aliphatic carbocycles. The van der Waals surface area contributed by atoms with Crippen molar-refractivity contribution in [2.24, 2.45) is 0 Å². The second-order valence-corrected chi connectivity index (χ2v) is 8.77. The first-order chi connectivity index (χ1) is 15.9. The molecular formula is C27H33FN2O4. The second-order valence-electron chi connectivity index (χ2n) is 8.77. The van der Waals surface area contributed by atoms with Crippen molar-refractivity contribution in [1.82, 2.24) is 9.80 Å². The van der Waals surface area contributed by atoms with Gasteiger partial charge in [-0.15, -0.1) is 0 Å². The Morgan fingerprint density at radius 2 is 1.65 bits per heavy atom. The van der Waals surface area contributed by atoms with E-state index in [-0.39, 0.29) is 18.8 Å². The first-order valence-electron chi connectivity index (χ1n) is 11.3. The average Bonchev–Trinajstić information content (AvgIpc) is 3.08. The molecule has 2 fully saturated rings. The maximum absolute atomic E-state index is 13.4. The topological polar surface area (TPSA) is 70.1 Å². The summed E-state index contributed by atoms with van der Waals surface area (Å²) in [6, 6.07) is 12.3. The summed E-state index contributed by atoms with van der Waals surface area (Å²) in [7, 11) is 0. The summed E-state index contributed by atoms with van der Waals surface area (Å²) in [6.07, 6.45) is 0. The van der Waals surface area contributed by atoms with Crippen LogP contribution in [-0.4, -0.2) is 66.0 Å². The van der Waals surface area contributed by atoms with E-state index < -0.39 is 23.5 Å². The summed E-state index contributed by atoms with van der Waals surface area (Å²) in [6.45, 7) is 7.97. The molecule has 2 aliphatic heterocycles. The van der Waals surface area contributed by atoms with E-state index in [1.54, 1.807) is 0 Å². The predicted octanol–water partition coefficient (Wildman–Crippen LogP) is 4.34. The lowest BCUT2D eigenvalue weighted by molar-refractivity contribution is -0.140. The molecule has 34 heavy (non-hydrogen) atoms. The number of likely N-dealkylation sites (tertiary alicyclic amines) is 1. The van der Waals surface area contributed by atoms with Crippen LogP contribution < -0.4 is 0 Å². The monoisotopic (exact) mass is 468 g/mol. The fraction of sp³-hybridized carbons (Fsp3) is 0.407. The van der Waals surface area contributed by atoms with E-state index in [9.17, 15) is 19.1 Å². The number of aliphatic hydroxyl groups is 1. The molecule has 182 valence electrons. The SMILES string of the molecule is C.CC(C)c1ccc(C2C(=C(O)c3ccc(F)cc3)C(=O)C(=O)N2CCN2CCOCC2)cc1. The molecule has 0 radical (unpaired) electrons. The summed E-state index contributed by atoms with van der Waals surface area (Å²) < 4.78 is 18.8. The highest BCUT2D eigenvalue weighted by molar-refractivity contribution is 6.46. The van der Waals surface area contributed by atoms with Crippen LogP contribution in [0.2, 0.25) is 0 Å². The predicted molar refractivity (Wildman–Crippen MR) is 130 cm³/mol. The fourth-order valence-electron chi connectivity index (χ4n) is 4.36. The highest BCUT2D eigenvalue weighted by Crippen LogP contribution is 2.39. The maximum atomic E-state index is 13.4. The van der Waals surface area contributed by atoms with Crippen LogP contribution in [0.3, 0.4) is 0 Å². The molecule has 0 saturated carbocycles. The van der Waals surface area contributed by atoms with Crippen LogP contribution in [0.25, 0.3) is 5.76 Å². The number of carbonyl (C=O) groups excluding carboxylic acids is 2. The van der Waals surface area contributed by atoms with Crippen LogP contribution in [0.1, 0.15) is 49.9 Å². The Morgan fingerprint density at radius 3 is 2.24 bits per heavy atom. The molecule has 2 aromatic carbocycles. The summed E-state index contributed by atoms with van der Waals surface area (Å²) >= 11 is 0. The van der Waals surface area contributed by atoms with Gasteiger partial charge in [-0.25, -0.2) is 4.39 Å². The van der Waals surface area contributed by atoms with Crippen molar-refractivity contribution in [3.63, 3.8) is 0 Å². The van der Waals surface area contributed by atoms with Crippen LogP contribution in [0.4, 0.5) is 4.39 Å². The van der Waals surface area contributed by atoms with Crippen molar-refractivity contribution < 1.29 is 23.8 Å².